The van der Waals surface area contributed by atoms with E-state index in [1.165, 1.54) is 6.42 Å². The van der Waals surface area contributed by atoms with Crippen LogP contribution in [0.4, 0.5) is 5.69 Å². The van der Waals surface area contributed by atoms with Crippen molar-refractivity contribution in [3.8, 4) is 0 Å². The van der Waals surface area contributed by atoms with Gasteiger partial charge in [0.05, 0.1) is 0 Å². The topological polar surface area (TPSA) is 67.5 Å². The minimum absolute atomic E-state index is 0.0421. The molecule has 0 saturated heterocycles. The summed E-state index contributed by atoms with van der Waals surface area (Å²) in [4.78, 5) is 16.8. The number of hydrogen-bond acceptors (Lipinski definition) is 3. The number of para-hydroxylation sites is 1. The molecule has 3 rings (SSSR count). The number of carbonyl (C=O) groups excluding carboxylic acids is 1. The number of amides is 1. The second-order valence-electron chi connectivity index (χ2n) is 5.09. The highest BCUT2D eigenvalue weighted by Gasteiger charge is 2.44. The van der Waals surface area contributed by atoms with Crippen LogP contribution in [-0.2, 0) is 4.79 Å². The predicted molar refractivity (Wildman–Crippen MR) is 71.4 cm³/mol. The molecular weight excluding hydrogens is 226 g/mol. The molecule has 4 nitrogen and oxygen atoms in total. The molecule has 1 spiro atoms. The smallest absolute Gasteiger partial charge is 0.253 e. The van der Waals surface area contributed by atoms with Gasteiger partial charge >= 0.3 is 0 Å². The molecule has 0 unspecified atom stereocenters. The Hall–Kier alpha value is -1.84. The van der Waals surface area contributed by atoms with Crippen LogP contribution in [0, 0.1) is 0 Å². The molecule has 1 fully saturated rings. The van der Waals surface area contributed by atoms with Crippen LogP contribution in [0.25, 0.3) is 0 Å². The van der Waals surface area contributed by atoms with Crippen molar-refractivity contribution in [3.05, 3.63) is 29.8 Å². The molecule has 1 aliphatic carbocycles. The first-order valence-corrected chi connectivity index (χ1v) is 6.47. The number of nitrogens with one attached hydrogen (secondary N) is 1. The largest absolute Gasteiger partial charge is 0.398 e. The van der Waals surface area contributed by atoms with Gasteiger partial charge < -0.3 is 11.1 Å². The molecule has 1 amide bonds. The number of nitrogen functional groups attached to an aromatic ring is 1. The van der Waals surface area contributed by atoms with Crippen molar-refractivity contribution >= 4 is 17.4 Å². The van der Waals surface area contributed by atoms with Gasteiger partial charge in [-0.2, -0.15) is 0 Å². The van der Waals surface area contributed by atoms with Crippen LogP contribution in [0.15, 0.2) is 29.3 Å². The molecule has 1 aromatic carbocycles. The minimum atomic E-state index is -0.518. The Morgan fingerprint density at radius 2 is 1.89 bits per heavy atom. The third-order valence-corrected chi connectivity index (χ3v) is 3.88. The summed E-state index contributed by atoms with van der Waals surface area (Å²) in [5.74, 6) is 0.681. The zero-order chi connectivity index (χ0) is 12.6. The van der Waals surface area contributed by atoms with Crippen molar-refractivity contribution in [3.63, 3.8) is 0 Å². The van der Waals surface area contributed by atoms with E-state index in [0.717, 1.165) is 31.2 Å². The number of aliphatic imine (C=N–C) groups is 1. The maximum Gasteiger partial charge on any atom is 0.253 e. The van der Waals surface area contributed by atoms with Gasteiger partial charge in [0, 0.05) is 11.3 Å². The Kier molecular flexibility index (Phi) is 2.58. The van der Waals surface area contributed by atoms with Gasteiger partial charge in [-0.25, -0.2) is 0 Å². The van der Waals surface area contributed by atoms with Crippen molar-refractivity contribution < 1.29 is 4.79 Å². The van der Waals surface area contributed by atoms with E-state index in [0.29, 0.717) is 11.5 Å². The number of carbonyl (C=O) groups is 1. The van der Waals surface area contributed by atoms with Crippen LogP contribution in [0.5, 0.6) is 0 Å². The van der Waals surface area contributed by atoms with E-state index in [4.69, 9.17) is 5.73 Å². The molecule has 0 radical (unpaired) electrons. The Balaban J connectivity index is 1.98. The Morgan fingerprint density at radius 1 is 1.17 bits per heavy atom. The first kappa shape index (κ1) is 11.3. The van der Waals surface area contributed by atoms with Crippen LogP contribution in [0.3, 0.4) is 0 Å². The van der Waals surface area contributed by atoms with Crippen LogP contribution in [0.2, 0.25) is 0 Å². The van der Waals surface area contributed by atoms with Gasteiger partial charge in [-0.1, -0.05) is 31.4 Å². The average molecular weight is 243 g/mol. The molecule has 1 aromatic rings. The highest BCUT2D eigenvalue weighted by molar-refractivity contribution is 6.17. The molecule has 1 saturated carbocycles. The van der Waals surface area contributed by atoms with E-state index in [-0.39, 0.29) is 5.91 Å². The van der Waals surface area contributed by atoms with Crippen LogP contribution >= 0.6 is 0 Å². The van der Waals surface area contributed by atoms with E-state index in [1.54, 1.807) is 0 Å². The van der Waals surface area contributed by atoms with Crippen molar-refractivity contribution in [1.29, 1.82) is 0 Å². The normalized spacial score (nSPS) is 21.8. The fourth-order valence-corrected chi connectivity index (χ4v) is 2.83. The van der Waals surface area contributed by atoms with Gasteiger partial charge in [0.25, 0.3) is 5.91 Å². The van der Waals surface area contributed by atoms with Gasteiger partial charge in [0.15, 0.2) is 0 Å². The number of benzene rings is 1. The summed E-state index contributed by atoms with van der Waals surface area (Å²) in [6, 6.07) is 7.52. The molecule has 3 N–H and O–H groups in total. The van der Waals surface area contributed by atoms with E-state index < -0.39 is 5.54 Å². The van der Waals surface area contributed by atoms with E-state index in [2.05, 4.69) is 10.3 Å². The minimum Gasteiger partial charge on any atom is -0.398 e. The molecular formula is C14H17N3O. The first-order chi connectivity index (χ1) is 8.71. The number of anilines is 1. The summed E-state index contributed by atoms with van der Waals surface area (Å²) in [5.41, 5.74) is 6.90. The van der Waals surface area contributed by atoms with Crippen LogP contribution in [-0.4, -0.2) is 17.3 Å². The van der Waals surface area contributed by atoms with Gasteiger partial charge in [0.1, 0.15) is 11.4 Å². The fraction of sp³-hybridized carbons (Fsp3) is 0.429. The average Bonchev–Trinajstić information content (AvgIpc) is 2.68. The summed E-state index contributed by atoms with van der Waals surface area (Å²) in [6.07, 6.45) is 5.07. The Morgan fingerprint density at radius 3 is 2.61 bits per heavy atom. The molecule has 1 aliphatic heterocycles. The quantitative estimate of drug-likeness (QED) is 0.739. The first-order valence-electron chi connectivity index (χ1n) is 6.47. The second kappa shape index (κ2) is 4.12. The van der Waals surface area contributed by atoms with Crippen molar-refractivity contribution in [2.75, 3.05) is 5.73 Å². The zero-order valence-corrected chi connectivity index (χ0v) is 10.3. The molecule has 2 aliphatic rings. The number of nitrogens with zero attached hydrogens (tertiary/aromatic N) is 1. The van der Waals surface area contributed by atoms with Gasteiger partial charge in [-0.05, 0) is 25.0 Å². The summed E-state index contributed by atoms with van der Waals surface area (Å²) in [6.45, 7) is 0. The number of nitrogens with two attached hydrogens (primary N) is 1. The van der Waals surface area contributed by atoms with Gasteiger partial charge in [-0.3, -0.25) is 9.79 Å². The van der Waals surface area contributed by atoms with Crippen molar-refractivity contribution in [1.82, 2.24) is 5.32 Å². The van der Waals surface area contributed by atoms with E-state index in [9.17, 15) is 4.79 Å². The molecule has 0 aromatic heterocycles. The Bertz CT molecular complexity index is 516. The Labute approximate surface area is 106 Å². The standard InChI is InChI=1S/C14H17N3O/c15-11-7-3-2-6-10(11)12-16-13(18)14(17-12)8-4-1-5-9-14/h2-3,6-7H,1,4-5,8-9,15H2,(H,16,17,18). The second-order valence-corrected chi connectivity index (χ2v) is 5.09. The lowest BCUT2D eigenvalue weighted by molar-refractivity contribution is -0.124. The molecule has 0 bridgehead atoms. The molecule has 18 heavy (non-hydrogen) atoms. The highest BCUT2D eigenvalue weighted by Crippen LogP contribution is 2.35. The number of rotatable bonds is 1. The maximum atomic E-state index is 12.2. The number of hydrogen-bond donors (Lipinski definition) is 2. The lowest BCUT2D eigenvalue weighted by atomic mass is 9.82. The molecule has 94 valence electrons. The summed E-state index contributed by atoms with van der Waals surface area (Å²) >= 11 is 0. The summed E-state index contributed by atoms with van der Waals surface area (Å²) in [7, 11) is 0. The van der Waals surface area contributed by atoms with E-state index in [1.807, 2.05) is 24.3 Å². The van der Waals surface area contributed by atoms with Crippen molar-refractivity contribution in [2.24, 2.45) is 4.99 Å². The monoisotopic (exact) mass is 243 g/mol. The summed E-state index contributed by atoms with van der Waals surface area (Å²) in [5, 5.41) is 2.90. The summed E-state index contributed by atoms with van der Waals surface area (Å²) < 4.78 is 0. The van der Waals surface area contributed by atoms with Crippen molar-refractivity contribution in [2.45, 2.75) is 37.6 Å². The third kappa shape index (κ3) is 1.68. The predicted octanol–water partition coefficient (Wildman–Crippen LogP) is 1.85. The van der Waals surface area contributed by atoms with Gasteiger partial charge in [-0.15, -0.1) is 0 Å². The molecule has 4 heteroatoms. The van der Waals surface area contributed by atoms with Crippen LogP contribution < -0.4 is 11.1 Å². The van der Waals surface area contributed by atoms with E-state index >= 15 is 0 Å². The highest BCUT2D eigenvalue weighted by atomic mass is 16.2. The molecule has 1 heterocycles. The molecule has 0 atom stereocenters. The number of amidine groups is 1. The zero-order valence-electron chi connectivity index (χ0n) is 10.3. The maximum absolute atomic E-state index is 12.2. The SMILES string of the molecule is Nc1ccccc1C1=NC2(CCCCC2)C(=O)N1. The van der Waals surface area contributed by atoms with Gasteiger partial charge in [0.2, 0.25) is 0 Å². The lowest BCUT2D eigenvalue weighted by Crippen LogP contribution is -2.41. The van der Waals surface area contributed by atoms with Crippen LogP contribution in [0.1, 0.15) is 37.7 Å². The lowest BCUT2D eigenvalue weighted by Gasteiger charge is -2.27. The fourth-order valence-electron chi connectivity index (χ4n) is 2.83. The third-order valence-electron chi connectivity index (χ3n) is 3.88.